The van der Waals surface area contributed by atoms with E-state index in [0.717, 1.165) is 18.0 Å². The number of ether oxygens (including phenoxy) is 1. The molecule has 0 aliphatic heterocycles. The molecule has 0 atom stereocenters. The number of hydrogen-bond donors (Lipinski definition) is 1. The summed E-state index contributed by atoms with van der Waals surface area (Å²) in [5.74, 6) is 0.933. The quantitative estimate of drug-likeness (QED) is 0.853. The van der Waals surface area contributed by atoms with Gasteiger partial charge in [-0.1, -0.05) is 13.8 Å². The Labute approximate surface area is 123 Å². The lowest BCUT2D eigenvalue weighted by Gasteiger charge is -2.38. The zero-order valence-electron chi connectivity index (χ0n) is 13.3. The minimum Gasteiger partial charge on any atom is -0.496 e. The lowest BCUT2D eigenvalue weighted by atomic mass is 9.75. The van der Waals surface area contributed by atoms with Gasteiger partial charge in [0.2, 0.25) is 0 Å². The van der Waals surface area contributed by atoms with Gasteiger partial charge >= 0.3 is 0 Å². The maximum atomic E-state index is 5.90. The van der Waals surface area contributed by atoms with Crippen LogP contribution in [0.4, 0.5) is 5.69 Å². The van der Waals surface area contributed by atoms with E-state index in [1.54, 1.807) is 7.11 Å². The average Bonchev–Trinajstić information content (AvgIpc) is 2.38. The SMILES string of the molecule is COc1ccc(N)cc1CN(C)C1CCC(C)(C)CC1. The van der Waals surface area contributed by atoms with Gasteiger partial charge in [-0.2, -0.15) is 0 Å². The van der Waals surface area contributed by atoms with Crippen LogP contribution in [0.2, 0.25) is 0 Å². The second kappa shape index (κ2) is 6.04. The Balaban J connectivity index is 2.01. The van der Waals surface area contributed by atoms with Crippen molar-refractivity contribution in [1.29, 1.82) is 0 Å². The van der Waals surface area contributed by atoms with Crippen LogP contribution in [-0.4, -0.2) is 25.1 Å². The molecule has 0 spiro atoms. The Morgan fingerprint density at radius 3 is 2.55 bits per heavy atom. The highest BCUT2D eigenvalue weighted by Gasteiger charge is 2.28. The van der Waals surface area contributed by atoms with Crippen molar-refractivity contribution in [1.82, 2.24) is 4.90 Å². The summed E-state index contributed by atoms with van der Waals surface area (Å²) in [6, 6.07) is 6.56. The average molecular weight is 276 g/mol. The second-order valence-corrected chi connectivity index (χ2v) is 6.88. The van der Waals surface area contributed by atoms with E-state index < -0.39 is 0 Å². The van der Waals surface area contributed by atoms with E-state index in [9.17, 15) is 0 Å². The molecule has 0 bridgehead atoms. The lowest BCUT2D eigenvalue weighted by molar-refractivity contribution is 0.122. The molecular weight excluding hydrogens is 248 g/mol. The molecule has 20 heavy (non-hydrogen) atoms. The minimum absolute atomic E-state index is 0.520. The van der Waals surface area contributed by atoms with E-state index in [-0.39, 0.29) is 0 Å². The number of nitrogens with zero attached hydrogens (tertiary/aromatic N) is 1. The van der Waals surface area contributed by atoms with Crippen molar-refractivity contribution >= 4 is 5.69 Å². The smallest absolute Gasteiger partial charge is 0.123 e. The summed E-state index contributed by atoms with van der Waals surface area (Å²) in [5.41, 5.74) is 8.40. The number of methoxy groups -OCH3 is 1. The van der Waals surface area contributed by atoms with E-state index in [0.29, 0.717) is 11.5 Å². The number of hydrogen-bond acceptors (Lipinski definition) is 3. The normalized spacial score (nSPS) is 19.2. The maximum Gasteiger partial charge on any atom is 0.123 e. The van der Waals surface area contributed by atoms with Gasteiger partial charge in [0.1, 0.15) is 5.75 Å². The van der Waals surface area contributed by atoms with Crippen LogP contribution >= 0.6 is 0 Å². The fourth-order valence-electron chi connectivity index (χ4n) is 3.14. The first-order chi connectivity index (χ1) is 9.41. The van der Waals surface area contributed by atoms with Crippen molar-refractivity contribution in [3.05, 3.63) is 23.8 Å². The Kier molecular flexibility index (Phi) is 4.59. The molecule has 0 saturated heterocycles. The van der Waals surface area contributed by atoms with E-state index >= 15 is 0 Å². The van der Waals surface area contributed by atoms with Crippen LogP contribution in [0, 0.1) is 5.41 Å². The third kappa shape index (κ3) is 3.66. The molecule has 112 valence electrons. The maximum absolute atomic E-state index is 5.90. The summed E-state index contributed by atoms with van der Waals surface area (Å²) in [6.07, 6.45) is 5.20. The number of anilines is 1. The fourth-order valence-corrected chi connectivity index (χ4v) is 3.14. The Bertz CT molecular complexity index is 446. The topological polar surface area (TPSA) is 38.5 Å². The first kappa shape index (κ1) is 15.2. The fraction of sp³-hybridized carbons (Fsp3) is 0.647. The van der Waals surface area contributed by atoms with E-state index in [1.165, 1.54) is 31.2 Å². The highest BCUT2D eigenvalue weighted by Crippen LogP contribution is 2.37. The van der Waals surface area contributed by atoms with Crippen molar-refractivity contribution in [2.75, 3.05) is 19.9 Å². The summed E-state index contributed by atoms with van der Waals surface area (Å²) < 4.78 is 5.44. The summed E-state index contributed by atoms with van der Waals surface area (Å²) in [6.45, 7) is 5.66. The molecule has 1 aromatic rings. The molecule has 1 fully saturated rings. The van der Waals surface area contributed by atoms with Gasteiger partial charge < -0.3 is 10.5 Å². The van der Waals surface area contributed by atoms with Gasteiger partial charge in [0.15, 0.2) is 0 Å². The second-order valence-electron chi connectivity index (χ2n) is 6.88. The zero-order chi connectivity index (χ0) is 14.8. The zero-order valence-corrected chi connectivity index (χ0v) is 13.3. The molecule has 3 heteroatoms. The van der Waals surface area contributed by atoms with Crippen molar-refractivity contribution in [2.24, 2.45) is 5.41 Å². The number of nitrogens with two attached hydrogens (primary N) is 1. The highest BCUT2D eigenvalue weighted by molar-refractivity contribution is 5.47. The van der Waals surface area contributed by atoms with Gasteiger partial charge in [0, 0.05) is 23.8 Å². The molecule has 0 aromatic heterocycles. The van der Waals surface area contributed by atoms with Crippen molar-refractivity contribution in [3.63, 3.8) is 0 Å². The summed E-state index contributed by atoms with van der Waals surface area (Å²) in [7, 11) is 3.93. The first-order valence-electron chi connectivity index (χ1n) is 7.54. The molecule has 2 N–H and O–H groups in total. The third-order valence-electron chi connectivity index (χ3n) is 4.66. The minimum atomic E-state index is 0.520. The molecule has 0 unspecified atom stereocenters. The largest absolute Gasteiger partial charge is 0.496 e. The Morgan fingerprint density at radius 1 is 1.30 bits per heavy atom. The van der Waals surface area contributed by atoms with Crippen molar-refractivity contribution in [3.8, 4) is 5.75 Å². The monoisotopic (exact) mass is 276 g/mol. The van der Waals surface area contributed by atoms with Gasteiger partial charge in [-0.15, -0.1) is 0 Å². The molecule has 1 aliphatic carbocycles. The number of benzene rings is 1. The Hall–Kier alpha value is -1.22. The van der Waals surface area contributed by atoms with Gasteiger partial charge in [-0.3, -0.25) is 4.90 Å². The number of nitrogen functional groups attached to an aromatic ring is 1. The molecule has 0 amide bonds. The predicted octanol–water partition coefficient (Wildman–Crippen LogP) is 3.68. The van der Waals surface area contributed by atoms with Crippen molar-refractivity contribution < 1.29 is 4.74 Å². The van der Waals surface area contributed by atoms with Crippen molar-refractivity contribution in [2.45, 2.75) is 52.1 Å². The number of rotatable bonds is 4. The van der Waals surface area contributed by atoms with Crippen LogP contribution in [0.25, 0.3) is 0 Å². The summed E-state index contributed by atoms with van der Waals surface area (Å²) in [5, 5.41) is 0. The van der Waals surface area contributed by atoms with Crippen LogP contribution in [0.1, 0.15) is 45.1 Å². The third-order valence-corrected chi connectivity index (χ3v) is 4.66. The summed E-state index contributed by atoms with van der Waals surface area (Å²) >= 11 is 0. The van der Waals surface area contributed by atoms with Crippen LogP contribution in [0.5, 0.6) is 5.75 Å². The molecule has 3 nitrogen and oxygen atoms in total. The van der Waals surface area contributed by atoms with Crippen LogP contribution in [0.15, 0.2) is 18.2 Å². The van der Waals surface area contributed by atoms with Gasteiger partial charge in [0.05, 0.1) is 7.11 Å². The molecule has 0 heterocycles. The predicted molar refractivity (Wildman–Crippen MR) is 84.9 cm³/mol. The molecule has 1 saturated carbocycles. The van der Waals surface area contributed by atoms with E-state index in [4.69, 9.17) is 10.5 Å². The molecule has 1 aromatic carbocycles. The van der Waals surface area contributed by atoms with Gasteiger partial charge in [0.25, 0.3) is 0 Å². The Morgan fingerprint density at radius 2 is 1.95 bits per heavy atom. The van der Waals surface area contributed by atoms with E-state index in [2.05, 4.69) is 25.8 Å². The molecule has 1 aliphatic rings. The summed E-state index contributed by atoms with van der Waals surface area (Å²) in [4.78, 5) is 2.45. The van der Waals surface area contributed by atoms with Gasteiger partial charge in [-0.05, 0) is 56.3 Å². The standard InChI is InChI=1S/C17H28N2O/c1-17(2)9-7-15(8-10-17)19(3)12-13-11-14(18)5-6-16(13)20-4/h5-6,11,15H,7-10,12,18H2,1-4H3. The lowest BCUT2D eigenvalue weighted by Crippen LogP contribution is -2.36. The molecular formula is C17H28N2O. The molecule has 2 rings (SSSR count). The first-order valence-corrected chi connectivity index (χ1v) is 7.54. The van der Waals surface area contributed by atoms with Crippen LogP contribution in [-0.2, 0) is 6.54 Å². The van der Waals surface area contributed by atoms with Crippen LogP contribution in [0.3, 0.4) is 0 Å². The van der Waals surface area contributed by atoms with Crippen LogP contribution < -0.4 is 10.5 Å². The highest BCUT2D eigenvalue weighted by atomic mass is 16.5. The van der Waals surface area contributed by atoms with Gasteiger partial charge in [-0.25, -0.2) is 0 Å². The molecule has 0 radical (unpaired) electrons. The van der Waals surface area contributed by atoms with E-state index in [1.807, 2.05) is 18.2 Å².